The van der Waals surface area contributed by atoms with Crippen LogP contribution in [-0.2, 0) is 16.1 Å². The van der Waals surface area contributed by atoms with Gasteiger partial charge < -0.3 is 14.7 Å². The van der Waals surface area contributed by atoms with E-state index in [1.807, 2.05) is 13.8 Å². The molecule has 1 unspecified atom stereocenters. The molecule has 20 heavy (non-hydrogen) atoms. The molecule has 1 N–H and O–H groups in total. The van der Waals surface area contributed by atoms with Crippen molar-refractivity contribution in [3.05, 3.63) is 11.7 Å². The average Bonchev–Trinajstić information content (AvgIpc) is 2.84. The summed E-state index contributed by atoms with van der Waals surface area (Å²) < 4.78 is 5.05. The normalized spacial score (nSPS) is 22.0. The van der Waals surface area contributed by atoms with Crippen molar-refractivity contribution in [3.63, 3.8) is 0 Å². The number of hydrogen-bond acceptors (Lipinski definition) is 5. The standard InChI is InChI=1S/C13H20N4O3/c1-5-13(6-2)12(19)17(8(3)11(18)15-13)7-10-14-9(4)16-20-10/h8H,5-7H2,1-4H3,(H,15,18). The third kappa shape index (κ3) is 2.28. The van der Waals surface area contributed by atoms with Gasteiger partial charge in [-0.1, -0.05) is 19.0 Å². The molecular weight excluding hydrogens is 260 g/mol. The lowest BCUT2D eigenvalue weighted by Crippen LogP contribution is -2.69. The first-order valence-electron chi connectivity index (χ1n) is 6.85. The minimum absolute atomic E-state index is 0.0922. The van der Waals surface area contributed by atoms with Crippen LogP contribution in [0.4, 0.5) is 0 Å². The molecule has 1 fully saturated rings. The molecule has 0 spiro atoms. The molecule has 1 aliphatic heterocycles. The Labute approximate surface area is 117 Å². The number of aromatic nitrogens is 2. The summed E-state index contributed by atoms with van der Waals surface area (Å²) in [6, 6.07) is -0.541. The Kier molecular flexibility index (Phi) is 3.78. The SMILES string of the molecule is CCC1(CC)NC(=O)C(C)N(Cc2nc(C)no2)C1=O. The van der Waals surface area contributed by atoms with Crippen LogP contribution in [0.2, 0.25) is 0 Å². The van der Waals surface area contributed by atoms with Crippen molar-refractivity contribution in [2.45, 2.75) is 58.7 Å². The predicted octanol–water partition coefficient (Wildman–Crippen LogP) is 0.784. The average molecular weight is 280 g/mol. The summed E-state index contributed by atoms with van der Waals surface area (Å²) in [5.41, 5.74) is -0.821. The molecule has 2 amide bonds. The van der Waals surface area contributed by atoms with Crippen molar-refractivity contribution in [3.8, 4) is 0 Å². The maximum absolute atomic E-state index is 12.7. The molecule has 0 aliphatic carbocycles. The molecule has 2 rings (SSSR count). The molecule has 0 bridgehead atoms. The van der Waals surface area contributed by atoms with Crippen LogP contribution in [0.3, 0.4) is 0 Å². The van der Waals surface area contributed by atoms with Gasteiger partial charge in [-0.15, -0.1) is 0 Å². The molecule has 0 saturated carbocycles. The number of amides is 2. The van der Waals surface area contributed by atoms with E-state index in [1.165, 1.54) is 4.90 Å². The third-order valence-corrected chi connectivity index (χ3v) is 3.96. The van der Waals surface area contributed by atoms with Gasteiger partial charge in [-0.3, -0.25) is 9.59 Å². The molecule has 0 radical (unpaired) electrons. The Morgan fingerprint density at radius 2 is 2.00 bits per heavy atom. The van der Waals surface area contributed by atoms with Gasteiger partial charge in [-0.2, -0.15) is 4.98 Å². The smallest absolute Gasteiger partial charge is 0.249 e. The zero-order valence-corrected chi connectivity index (χ0v) is 12.3. The van der Waals surface area contributed by atoms with E-state index in [-0.39, 0.29) is 18.4 Å². The minimum atomic E-state index is -0.821. The second-order valence-corrected chi connectivity index (χ2v) is 5.12. The number of nitrogens with one attached hydrogen (secondary N) is 1. The van der Waals surface area contributed by atoms with Crippen LogP contribution in [-0.4, -0.2) is 38.4 Å². The molecule has 1 atom stereocenters. The summed E-state index contributed by atoms with van der Waals surface area (Å²) in [7, 11) is 0. The quantitative estimate of drug-likeness (QED) is 0.880. The molecule has 1 aliphatic rings. The summed E-state index contributed by atoms with van der Waals surface area (Å²) in [4.78, 5) is 30.4. The van der Waals surface area contributed by atoms with Crippen molar-refractivity contribution in [1.29, 1.82) is 0 Å². The van der Waals surface area contributed by atoms with Gasteiger partial charge in [0.25, 0.3) is 0 Å². The van der Waals surface area contributed by atoms with Crippen LogP contribution >= 0.6 is 0 Å². The second-order valence-electron chi connectivity index (χ2n) is 5.12. The summed E-state index contributed by atoms with van der Waals surface area (Å²) >= 11 is 0. The Morgan fingerprint density at radius 3 is 2.50 bits per heavy atom. The third-order valence-electron chi connectivity index (χ3n) is 3.96. The highest BCUT2D eigenvalue weighted by molar-refractivity contribution is 5.99. The van der Waals surface area contributed by atoms with Crippen LogP contribution in [0.15, 0.2) is 4.52 Å². The zero-order chi connectivity index (χ0) is 14.9. The van der Waals surface area contributed by atoms with Gasteiger partial charge >= 0.3 is 0 Å². The number of aryl methyl sites for hydroxylation is 1. The van der Waals surface area contributed by atoms with Crippen molar-refractivity contribution in [2.75, 3.05) is 0 Å². The number of rotatable bonds is 4. The number of carbonyl (C=O) groups is 2. The fourth-order valence-electron chi connectivity index (χ4n) is 2.47. The van der Waals surface area contributed by atoms with E-state index < -0.39 is 11.6 Å². The molecule has 0 aromatic carbocycles. The zero-order valence-electron chi connectivity index (χ0n) is 12.3. The lowest BCUT2D eigenvalue weighted by atomic mass is 9.87. The van der Waals surface area contributed by atoms with Gasteiger partial charge in [0, 0.05) is 0 Å². The molecule has 7 nitrogen and oxygen atoms in total. The van der Waals surface area contributed by atoms with Crippen LogP contribution in [0.5, 0.6) is 0 Å². The van der Waals surface area contributed by atoms with E-state index >= 15 is 0 Å². The number of piperazine rings is 1. The van der Waals surface area contributed by atoms with Crippen LogP contribution < -0.4 is 5.32 Å². The highest BCUT2D eigenvalue weighted by atomic mass is 16.5. The lowest BCUT2D eigenvalue weighted by molar-refractivity contribution is -0.156. The maximum Gasteiger partial charge on any atom is 0.249 e. The minimum Gasteiger partial charge on any atom is -0.340 e. The molecular formula is C13H20N4O3. The van der Waals surface area contributed by atoms with Crippen LogP contribution in [0.25, 0.3) is 0 Å². The van der Waals surface area contributed by atoms with E-state index in [1.54, 1.807) is 13.8 Å². The number of hydrogen-bond donors (Lipinski definition) is 1. The van der Waals surface area contributed by atoms with E-state index in [0.29, 0.717) is 24.6 Å². The first-order valence-corrected chi connectivity index (χ1v) is 6.85. The summed E-state index contributed by atoms with van der Waals surface area (Å²) in [6.07, 6.45) is 1.11. The van der Waals surface area contributed by atoms with Crippen molar-refractivity contribution in [2.24, 2.45) is 0 Å². The Bertz CT molecular complexity index is 521. The summed E-state index contributed by atoms with van der Waals surface area (Å²) in [5.74, 6) is 0.618. The molecule has 1 aromatic rings. The monoisotopic (exact) mass is 280 g/mol. The van der Waals surface area contributed by atoms with E-state index in [0.717, 1.165) is 0 Å². The van der Waals surface area contributed by atoms with E-state index in [9.17, 15) is 9.59 Å². The molecule has 2 heterocycles. The molecule has 1 aromatic heterocycles. The van der Waals surface area contributed by atoms with Gasteiger partial charge in [0.05, 0.1) is 0 Å². The fraction of sp³-hybridized carbons (Fsp3) is 0.692. The van der Waals surface area contributed by atoms with E-state index in [2.05, 4.69) is 15.5 Å². The second kappa shape index (κ2) is 5.22. The van der Waals surface area contributed by atoms with Gasteiger partial charge in [-0.25, -0.2) is 0 Å². The molecule has 110 valence electrons. The van der Waals surface area contributed by atoms with Crippen molar-refractivity contribution < 1.29 is 14.1 Å². The Balaban J connectivity index is 2.28. The summed E-state index contributed by atoms with van der Waals surface area (Å²) in [6.45, 7) is 7.37. The van der Waals surface area contributed by atoms with E-state index in [4.69, 9.17) is 4.52 Å². The topological polar surface area (TPSA) is 88.3 Å². The highest BCUT2D eigenvalue weighted by Gasteiger charge is 2.47. The molecule has 1 saturated heterocycles. The van der Waals surface area contributed by atoms with Gasteiger partial charge in [-0.05, 0) is 26.7 Å². The maximum atomic E-state index is 12.7. The van der Waals surface area contributed by atoms with Crippen LogP contribution in [0, 0.1) is 6.92 Å². The summed E-state index contributed by atoms with van der Waals surface area (Å²) in [5, 5.41) is 6.56. The highest BCUT2D eigenvalue weighted by Crippen LogP contribution is 2.26. The van der Waals surface area contributed by atoms with Gasteiger partial charge in [0.1, 0.15) is 18.1 Å². The first-order chi connectivity index (χ1) is 9.43. The van der Waals surface area contributed by atoms with Crippen molar-refractivity contribution >= 4 is 11.8 Å². The molecule has 7 heteroatoms. The lowest BCUT2D eigenvalue weighted by Gasteiger charge is -2.44. The first kappa shape index (κ1) is 14.5. The predicted molar refractivity (Wildman–Crippen MR) is 70.5 cm³/mol. The van der Waals surface area contributed by atoms with Gasteiger partial charge in [0.2, 0.25) is 17.7 Å². The number of carbonyl (C=O) groups excluding carboxylic acids is 2. The fourth-order valence-corrected chi connectivity index (χ4v) is 2.47. The Morgan fingerprint density at radius 1 is 1.35 bits per heavy atom. The number of nitrogens with zero attached hydrogens (tertiary/aromatic N) is 3. The van der Waals surface area contributed by atoms with Gasteiger partial charge in [0.15, 0.2) is 5.82 Å². The Hall–Kier alpha value is -1.92. The van der Waals surface area contributed by atoms with Crippen molar-refractivity contribution in [1.82, 2.24) is 20.4 Å². The van der Waals surface area contributed by atoms with Crippen LogP contribution in [0.1, 0.15) is 45.3 Å². The largest absolute Gasteiger partial charge is 0.340 e.